The van der Waals surface area contributed by atoms with E-state index in [-0.39, 0.29) is 35.3 Å². The summed E-state index contributed by atoms with van der Waals surface area (Å²) in [6.07, 6.45) is -1.34. The predicted octanol–water partition coefficient (Wildman–Crippen LogP) is 11.7. The summed E-state index contributed by atoms with van der Waals surface area (Å²) in [7, 11) is -9.04. The van der Waals surface area contributed by atoms with E-state index in [1.54, 1.807) is 104 Å². The minimum Gasteiger partial charge on any atom is -0.441 e. The Morgan fingerprint density at radius 3 is 0.781 bits per heavy atom. The van der Waals surface area contributed by atoms with Crippen molar-refractivity contribution >= 4 is 48.6 Å². The first-order valence-corrected chi connectivity index (χ1v) is 25.2. The second-order valence-electron chi connectivity index (χ2n) is 17.2. The van der Waals surface area contributed by atoms with Crippen molar-refractivity contribution in [2.75, 3.05) is 25.8 Å². The number of hydrogen-bond acceptors (Lipinski definition) is 10. The van der Waals surface area contributed by atoms with Crippen LogP contribution in [0.3, 0.4) is 0 Å². The summed E-state index contributed by atoms with van der Waals surface area (Å²) < 4.78 is 40.0. The van der Waals surface area contributed by atoms with E-state index in [0.29, 0.717) is 70.2 Å². The highest BCUT2D eigenvalue weighted by Gasteiger charge is 2.46. The number of amides is 2. The third-order valence-corrected chi connectivity index (χ3v) is 15.8. The maximum Gasteiger partial charge on any atom is 0.407 e. The number of aryl methyl sites for hydroxylation is 12. The number of alkyl carbamates (subject to hydrolysis) is 2. The molecule has 4 aromatic carbocycles. The molecule has 4 rings (SSSR count). The Morgan fingerprint density at radius 1 is 0.375 bits per heavy atom. The van der Waals surface area contributed by atoms with Crippen molar-refractivity contribution in [2.24, 2.45) is 0 Å². The Bertz CT molecular complexity index is 2210. The lowest BCUT2D eigenvalue weighted by atomic mass is 10.0. The Balaban J connectivity index is 1.31. The van der Waals surface area contributed by atoms with E-state index in [0.717, 1.165) is 22.3 Å². The van der Waals surface area contributed by atoms with Gasteiger partial charge in [0.2, 0.25) is 22.1 Å². The Labute approximate surface area is 377 Å². The van der Waals surface area contributed by atoms with Crippen molar-refractivity contribution in [1.82, 2.24) is 10.6 Å². The van der Waals surface area contributed by atoms with Crippen LogP contribution >= 0.6 is 14.3 Å². The van der Waals surface area contributed by atoms with Gasteiger partial charge < -0.3 is 29.2 Å². The average molecular weight is 913 g/mol. The van der Waals surface area contributed by atoms with Crippen LogP contribution in [-0.4, -0.2) is 60.1 Å². The SMILES string of the molecule is Cc1cc(C)c(C(=O)P(=O)(COC(=O)NCCCCCCNC(=O)OCP(=O)(C(=O)c2c(C)cc(C)cc2C)C(=O)c2c(C)cc(C)cc2C)C(=O)c2c(C)cc(C)cc2C)c(C)c1. The third kappa shape index (κ3) is 11.8. The molecule has 0 saturated carbocycles. The van der Waals surface area contributed by atoms with E-state index in [9.17, 15) is 37.9 Å². The highest BCUT2D eigenvalue weighted by atomic mass is 31.2. The number of nitrogens with one attached hydrogen (secondary N) is 2. The van der Waals surface area contributed by atoms with E-state index < -0.39 is 61.3 Å². The summed E-state index contributed by atoms with van der Waals surface area (Å²) in [6, 6.07) is 14.2. The molecule has 0 aliphatic rings. The topological polar surface area (TPSA) is 179 Å². The van der Waals surface area contributed by atoms with Crippen molar-refractivity contribution in [2.45, 2.75) is 109 Å². The normalized spacial score (nSPS) is 11.5. The van der Waals surface area contributed by atoms with Crippen molar-refractivity contribution in [3.05, 3.63) is 138 Å². The smallest absolute Gasteiger partial charge is 0.407 e. The molecule has 0 aliphatic heterocycles. The Morgan fingerprint density at radius 2 is 0.578 bits per heavy atom. The van der Waals surface area contributed by atoms with Crippen LogP contribution in [0.5, 0.6) is 0 Å². The van der Waals surface area contributed by atoms with Gasteiger partial charge in [0.05, 0.1) is 0 Å². The predicted molar refractivity (Wildman–Crippen MR) is 252 cm³/mol. The van der Waals surface area contributed by atoms with Gasteiger partial charge in [0.1, 0.15) is 0 Å². The number of ether oxygens (including phenoxy) is 2. The van der Waals surface area contributed by atoms with Crippen LogP contribution in [-0.2, 0) is 18.6 Å². The number of benzene rings is 4. The van der Waals surface area contributed by atoms with Crippen LogP contribution in [0.15, 0.2) is 48.5 Å². The molecule has 0 unspecified atom stereocenters. The minimum absolute atomic E-state index is 0.174. The average Bonchev–Trinajstić information content (AvgIpc) is 3.18. The first kappa shape index (κ1) is 51.2. The summed E-state index contributed by atoms with van der Waals surface area (Å²) in [5.41, 5.74) is 5.47. The molecule has 342 valence electrons. The molecule has 0 heterocycles. The molecule has 0 saturated heterocycles. The van der Waals surface area contributed by atoms with Crippen LogP contribution in [0.25, 0.3) is 0 Å². The lowest BCUT2D eigenvalue weighted by Gasteiger charge is -2.21. The van der Waals surface area contributed by atoms with Crippen molar-refractivity contribution < 1.29 is 47.4 Å². The molecule has 0 aromatic heterocycles. The largest absolute Gasteiger partial charge is 0.441 e. The standard InChI is InChI=1S/C50H62N2O10P2/c1-29-19-33(5)41(34(6)20-29)45(53)63(59,46(54)42-35(7)21-30(2)22-36(42)8)27-61-49(57)51-17-15-13-14-16-18-52-50(58)62-28-64(60,47(55)43-37(9)23-31(3)24-38(43)10)48(56)44-39(11)25-32(4)26-40(44)12/h19-26H,13-18,27-28H2,1-12H3,(H,51,57)(H,52,58). The Hall–Kier alpha value is -5.44. The Kier molecular flexibility index (Phi) is 17.2. The highest BCUT2D eigenvalue weighted by Crippen LogP contribution is 2.55. The zero-order valence-corrected chi connectivity index (χ0v) is 41.0. The number of carbonyl (C=O) groups is 6. The van der Waals surface area contributed by atoms with E-state index in [4.69, 9.17) is 9.47 Å². The van der Waals surface area contributed by atoms with Gasteiger partial charge in [-0.25, -0.2) is 9.59 Å². The second kappa shape index (κ2) is 21.5. The maximum atomic E-state index is 14.7. The lowest BCUT2D eigenvalue weighted by molar-refractivity contribution is 0.101. The van der Waals surface area contributed by atoms with Gasteiger partial charge in [0.15, 0.2) is 12.7 Å². The highest BCUT2D eigenvalue weighted by molar-refractivity contribution is 7.95. The van der Waals surface area contributed by atoms with Crippen LogP contribution in [0, 0.1) is 83.1 Å². The summed E-state index contributed by atoms with van der Waals surface area (Å²) in [5.74, 6) is 0. The molecule has 14 heteroatoms. The first-order chi connectivity index (χ1) is 29.9. The van der Waals surface area contributed by atoms with E-state index >= 15 is 0 Å². The quantitative estimate of drug-likeness (QED) is 0.0679. The third-order valence-electron chi connectivity index (χ3n) is 11.3. The van der Waals surface area contributed by atoms with Gasteiger partial charge in [0, 0.05) is 35.3 Å². The summed E-state index contributed by atoms with van der Waals surface area (Å²) in [5, 5.41) is 5.20. The molecule has 0 atom stereocenters. The van der Waals surface area contributed by atoms with Crippen molar-refractivity contribution in [1.29, 1.82) is 0 Å². The molecular weight excluding hydrogens is 851 g/mol. The van der Waals surface area contributed by atoms with Crippen LogP contribution in [0.2, 0.25) is 0 Å². The van der Waals surface area contributed by atoms with E-state index in [2.05, 4.69) is 10.6 Å². The van der Waals surface area contributed by atoms with Gasteiger partial charge in [-0.05, 0) is 140 Å². The van der Waals surface area contributed by atoms with Gasteiger partial charge in [-0.1, -0.05) is 83.6 Å². The second-order valence-corrected chi connectivity index (χ2v) is 22.3. The number of unbranched alkanes of at least 4 members (excludes halogenated alkanes) is 3. The summed E-state index contributed by atoms with van der Waals surface area (Å²) in [4.78, 5) is 82.1. The summed E-state index contributed by atoms with van der Waals surface area (Å²) in [6.45, 7) is 21.6. The van der Waals surface area contributed by atoms with Gasteiger partial charge in [-0.3, -0.25) is 19.2 Å². The molecule has 4 aromatic rings. The van der Waals surface area contributed by atoms with Crippen molar-refractivity contribution in [3.63, 3.8) is 0 Å². The molecule has 0 spiro atoms. The maximum absolute atomic E-state index is 14.7. The molecule has 2 N–H and O–H groups in total. The lowest BCUT2D eigenvalue weighted by Crippen LogP contribution is -2.28. The zero-order chi connectivity index (χ0) is 47.8. The van der Waals surface area contributed by atoms with Gasteiger partial charge in [0.25, 0.3) is 14.3 Å². The molecule has 0 radical (unpaired) electrons. The van der Waals surface area contributed by atoms with Gasteiger partial charge in [-0.15, -0.1) is 0 Å². The zero-order valence-electron chi connectivity index (χ0n) is 39.3. The molecule has 12 nitrogen and oxygen atoms in total. The number of rotatable bonds is 19. The number of hydrogen-bond donors (Lipinski definition) is 2. The van der Waals surface area contributed by atoms with Gasteiger partial charge >= 0.3 is 12.2 Å². The fourth-order valence-corrected chi connectivity index (χ4v) is 12.9. The van der Waals surface area contributed by atoms with E-state index in [1.165, 1.54) is 0 Å². The van der Waals surface area contributed by atoms with E-state index in [1.807, 2.05) is 27.7 Å². The molecule has 0 fully saturated rings. The number of carbonyl (C=O) groups excluding carboxylic acids is 6. The van der Waals surface area contributed by atoms with Crippen molar-refractivity contribution in [3.8, 4) is 0 Å². The van der Waals surface area contributed by atoms with Crippen LogP contribution in [0.1, 0.15) is 134 Å². The van der Waals surface area contributed by atoms with Gasteiger partial charge in [-0.2, -0.15) is 0 Å². The minimum atomic E-state index is -4.52. The monoisotopic (exact) mass is 912 g/mol. The molecule has 64 heavy (non-hydrogen) atoms. The van der Waals surface area contributed by atoms with Crippen LogP contribution < -0.4 is 10.6 Å². The van der Waals surface area contributed by atoms with Crippen LogP contribution in [0.4, 0.5) is 9.59 Å². The fourth-order valence-electron chi connectivity index (χ4n) is 8.60. The molecular formula is C50H62N2O10P2. The first-order valence-electron chi connectivity index (χ1n) is 21.4. The molecule has 0 bridgehead atoms. The summed E-state index contributed by atoms with van der Waals surface area (Å²) >= 11 is 0. The fraction of sp³-hybridized carbons (Fsp3) is 0.400. The molecule has 0 aliphatic carbocycles. The molecule has 2 amide bonds.